The molecule has 23 heavy (non-hydrogen) atoms. The summed E-state index contributed by atoms with van der Waals surface area (Å²) in [5.41, 5.74) is 0.905. The minimum absolute atomic E-state index is 0.0299. The second kappa shape index (κ2) is 5.64. The van der Waals surface area contributed by atoms with Gasteiger partial charge in [-0.05, 0) is 24.3 Å². The summed E-state index contributed by atoms with van der Waals surface area (Å²) in [7, 11) is -2.36. The van der Waals surface area contributed by atoms with Crippen LogP contribution in [0.1, 0.15) is 5.56 Å². The van der Waals surface area contributed by atoms with Crippen molar-refractivity contribution < 1.29 is 17.2 Å². The molecule has 2 aromatic carbocycles. The highest BCUT2D eigenvalue weighted by atomic mass is 32.2. The Morgan fingerprint density at radius 1 is 1.22 bits per heavy atom. The van der Waals surface area contributed by atoms with Gasteiger partial charge in [-0.2, -0.15) is 0 Å². The molecule has 0 atom stereocenters. The van der Waals surface area contributed by atoms with Gasteiger partial charge >= 0.3 is 5.76 Å². The molecule has 120 valence electrons. The van der Waals surface area contributed by atoms with Crippen LogP contribution in [-0.4, -0.2) is 13.0 Å². The van der Waals surface area contributed by atoms with E-state index < -0.39 is 21.6 Å². The third-order valence-corrected chi connectivity index (χ3v) is 4.88. The predicted molar refractivity (Wildman–Crippen MR) is 81.9 cm³/mol. The fourth-order valence-electron chi connectivity index (χ4n) is 2.17. The Balaban J connectivity index is 1.92. The van der Waals surface area contributed by atoms with E-state index in [0.717, 1.165) is 0 Å². The number of fused-ring (bicyclic) bond motifs is 1. The fourth-order valence-corrected chi connectivity index (χ4v) is 3.20. The molecular formula is C15H13FN2O4S. The second-order valence-corrected chi connectivity index (χ2v) is 6.74. The zero-order valence-corrected chi connectivity index (χ0v) is 12.9. The lowest BCUT2D eigenvalue weighted by Gasteiger charge is -2.07. The molecule has 0 aliphatic rings. The van der Waals surface area contributed by atoms with Crippen LogP contribution < -0.4 is 10.5 Å². The van der Waals surface area contributed by atoms with Gasteiger partial charge in [0.05, 0.1) is 10.4 Å². The minimum atomic E-state index is -3.85. The molecule has 0 radical (unpaired) electrons. The molecule has 0 fully saturated rings. The van der Waals surface area contributed by atoms with Crippen molar-refractivity contribution in [1.82, 2.24) is 9.29 Å². The Labute approximate surface area is 131 Å². The summed E-state index contributed by atoms with van der Waals surface area (Å²) in [4.78, 5) is 11.4. The first-order chi connectivity index (χ1) is 10.9. The van der Waals surface area contributed by atoms with Gasteiger partial charge in [0.1, 0.15) is 5.82 Å². The van der Waals surface area contributed by atoms with E-state index in [1.165, 1.54) is 48.0 Å². The predicted octanol–water partition coefficient (Wildman–Crippen LogP) is 1.75. The number of hydrogen-bond acceptors (Lipinski definition) is 4. The van der Waals surface area contributed by atoms with Crippen molar-refractivity contribution in [3.63, 3.8) is 0 Å². The molecule has 1 N–H and O–H groups in total. The average Bonchev–Trinajstić information content (AvgIpc) is 2.81. The molecular weight excluding hydrogens is 323 g/mol. The van der Waals surface area contributed by atoms with E-state index in [0.29, 0.717) is 11.1 Å². The minimum Gasteiger partial charge on any atom is -0.408 e. The topological polar surface area (TPSA) is 81.3 Å². The van der Waals surface area contributed by atoms with Crippen LogP contribution in [0.15, 0.2) is 56.6 Å². The lowest BCUT2D eigenvalue weighted by Crippen LogP contribution is -2.23. The molecule has 0 saturated heterocycles. The quantitative estimate of drug-likeness (QED) is 0.787. The van der Waals surface area contributed by atoms with Crippen molar-refractivity contribution >= 4 is 21.1 Å². The Hall–Kier alpha value is -2.45. The van der Waals surface area contributed by atoms with E-state index in [1.807, 2.05) is 0 Å². The first kappa shape index (κ1) is 15.4. The second-order valence-electron chi connectivity index (χ2n) is 4.97. The number of rotatable bonds is 4. The number of aryl methyl sites for hydroxylation is 1. The summed E-state index contributed by atoms with van der Waals surface area (Å²) in [6, 6.07) is 9.99. The summed E-state index contributed by atoms with van der Waals surface area (Å²) in [6.07, 6.45) is 0. The highest BCUT2D eigenvalue weighted by Gasteiger charge is 2.17. The average molecular weight is 336 g/mol. The molecule has 0 amide bonds. The first-order valence-electron chi connectivity index (χ1n) is 6.71. The van der Waals surface area contributed by atoms with Crippen LogP contribution in [0.2, 0.25) is 0 Å². The summed E-state index contributed by atoms with van der Waals surface area (Å²) < 4.78 is 46.7. The van der Waals surface area contributed by atoms with Crippen LogP contribution in [0.3, 0.4) is 0 Å². The van der Waals surface area contributed by atoms with Crippen molar-refractivity contribution in [3.8, 4) is 0 Å². The fraction of sp³-hybridized carbons (Fsp3) is 0.133. The van der Waals surface area contributed by atoms with E-state index >= 15 is 0 Å². The number of aromatic nitrogens is 1. The van der Waals surface area contributed by atoms with Crippen LogP contribution in [0, 0.1) is 5.82 Å². The van der Waals surface area contributed by atoms with Gasteiger partial charge in [0.25, 0.3) is 0 Å². The number of nitrogens with one attached hydrogen (secondary N) is 1. The zero-order valence-electron chi connectivity index (χ0n) is 12.1. The van der Waals surface area contributed by atoms with Gasteiger partial charge in [-0.1, -0.05) is 18.2 Å². The molecule has 0 saturated carbocycles. The number of benzene rings is 2. The van der Waals surface area contributed by atoms with Gasteiger partial charge in [0.2, 0.25) is 10.0 Å². The van der Waals surface area contributed by atoms with Crippen molar-refractivity contribution in [3.05, 3.63) is 64.4 Å². The number of sulfonamides is 1. The largest absolute Gasteiger partial charge is 0.419 e. The molecule has 8 heteroatoms. The molecule has 0 aliphatic heterocycles. The highest BCUT2D eigenvalue weighted by Crippen LogP contribution is 2.18. The summed E-state index contributed by atoms with van der Waals surface area (Å²) in [5, 5.41) is 0. The van der Waals surface area contributed by atoms with Crippen molar-refractivity contribution in [1.29, 1.82) is 0 Å². The van der Waals surface area contributed by atoms with E-state index in [9.17, 15) is 17.6 Å². The van der Waals surface area contributed by atoms with Crippen molar-refractivity contribution in [2.45, 2.75) is 11.4 Å². The van der Waals surface area contributed by atoms with Crippen LogP contribution in [0.4, 0.5) is 4.39 Å². The third-order valence-electron chi connectivity index (χ3n) is 3.48. The van der Waals surface area contributed by atoms with Crippen LogP contribution in [0.5, 0.6) is 0 Å². The van der Waals surface area contributed by atoms with E-state index in [4.69, 9.17) is 4.42 Å². The lowest BCUT2D eigenvalue weighted by molar-refractivity contribution is 0.528. The van der Waals surface area contributed by atoms with E-state index in [1.54, 1.807) is 6.07 Å². The molecule has 3 aromatic rings. The SMILES string of the molecule is Cn1c(=O)oc2ccc(S(=O)(=O)NCc3ccccc3F)cc21. The monoisotopic (exact) mass is 336 g/mol. The molecule has 0 aliphatic carbocycles. The standard InChI is InChI=1S/C15H13FN2O4S/c1-18-13-8-11(6-7-14(13)22-15(18)19)23(20,21)17-9-10-4-2-3-5-12(10)16/h2-8,17H,9H2,1H3. The highest BCUT2D eigenvalue weighted by molar-refractivity contribution is 7.89. The number of halogens is 1. The number of nitrogens with zero attached hydrogens (tertiary/aromatic N) is 1. The zero-order chi connectivity index (χ0) is 16.6. The van der Waals surface area contributed by atoms with Crippen LogP contribution >= 0.6 is 0 Å². The van der Waals surface area contributed by atoms with Crippen LogP contribution in [0.25, 0.3) is 11.1 Å². The molecule has 0 bridgehead atoms. The third kappa shape index (κ3) is 2.90. The van der Waals surface area contributed by atoms with Crippen molar-refractivity contribution in [2.75, 3.05) is 0 Å². The molecule has 1 aromatic heterocycles. The normalized spacial score (nSPS) is 11.9. The lowest BCUT2D eigenvalue weighted by atomic mass is 10.2. The van der Waals surface area contributed by atoms with E-state index in [2.05, 4.69) is 4.72 Å². The maximum absolute atomic E-state index is 13.5. The molecule has 1 heterocycles. The molecule has 0 spiro atoms. The van der Waals surface area contributed by atoms with Gasteiger partial charge in [-0.15, -0.1) is 0 Å². The maximum atomic E-state index is 13.5. The van der Waals surface area contributed by atoms with Gasteiger partial charge in [-0.3, -0.25) is 4.57 Å². The molecule has 3 rings (SSSR count). The Kier molecular flexibility index (Phi) is 3.78. The smallest absolute Gasteiger partial charge is 0.408 e. The number of hydrogen-bond donors (Lipinski definition) is 1. The van der Waals surface area contributed by atoms with Gasteiger partial charge in [0.15, 0.2) is 5.58 Å². The summed E-state index contributed by atoms with van der Waals surface area (Å²) >= 11 is 0. The number of oxazole rings is 1. The van der Waals surface area contributed by atoms with Gasteiger partial charge < -0.3 is 4.42 Å². The first-order valence-corrected chi connectivity index (χ1v) is 8.19. The Bertz CT molecular complexity index is 1040. The Morgan fingerprint density at radius 2 is 1.96 bits per heavy atom. The van der Waals surface area contributed by atoms with Crippen LogP contribution in [-0.2, 0) is 23.6 Å². The Morgan fingerprint density at radius 3 is 2.70 bits per heavy atom. The maximum Gasteiger partial charge on any atom is 0.419 e. The van der Waals surface area contributed by atoms with Gasteiger partial charge in [0, 0.05) is 19.2 Å². The summed E-state index contributed by atoms with van der Waals surface area (Å²) in [6.45, 7) is -0.169. The molecule has 6 nitrogen and oxygen atoms in total. The molecule has 0 unspecified atom stereocenters. The van der Waals surface area contributed by atoms with Gasteiger partial charge in [-0.25, -0.2) is 22.3 Å². The van der Waals surface area contributed by atoms with Crippen molar-refractivity contribution in [2.24, 2.45) is 7.05 Å². The van der Waals surface area contributed by atoms with E-state index in [-0.39, 0.29) is 17.0 Å². The summed E-state index contributed by atoms with van der Waals surface area (Å²) in [5.74, 6) is -1.06.